The second-order valence-corrected chi connectivity index (χ2v) is 8.23. The number of ether oxygens (including phenoxy) is 1. The van der Waals surface area contributed by atoms with Crippen LogP contribution < -0.4 is 5.32 Å². The molecule has 2 saturated heterocycles. The third-order valence-corrected chi connectivity index (χ3v) is 5.91. The first-order chi connectivity index (χ1) is 15.2. The highest BCUT2D eigenvalue weighted by molar-refractivity contribution is 14.0. The van der Waals surface area contributed by atoms with Crippen LogP contribution >= 0.6 is 24.0 Å². The molecule has 0 spiro atoms. The van der Waals surface area contributed by atoms with Crippen LogP contribution in [0.15, 0.2) is 41.5 Å². The molecule has 1 unspecified atom stereocenters. The van der Waals surface area contributed by atoms with Crippen LogP contribution in [0.4, 0.5) is 4.39 Å². The van der Waals surface area contributed by atoms with Crippen LogP contribution in [0.25, 0.3) is 5.69 Å². The van der Waals surface area contributed by atoms with Gasteiger partial charge in [0.05, 0.1) is 24.6 Å². The van der Waals surface area contributed by atoms with E-state index in [0.29, 0.717) is 12.5 Å². The highest BCUT2D eigenvalue weighted by atomic mass is 127. The molecule has 0 amide bonds. The molecule has 1 atom stereocenters. The van der Waals surface area contributed by atoms with E-state index in [0.717, 1.165) is 76.2 Å². The van der Waals surface area contributed by atoms with Gasteiger partial charge >= 0.3 is 0 Å². The second kappa shape index (κ2) is 12.5. The summed E-state index contributed by atoms with van der Waals surface area (Å²) in [6.07, 6.45) is 3.90. The molecule has 1 aromatic carbocycles. The summed E-state index contributed by atoms with van der Waals surface area (Å²) >= 11 is 0. The lowest BCUT2D eigenvalue weighted by atomic mass is 10.1. The molecule has 0 radical (unpaired) electrons. The molecule has 0 bridgehead atoms. The van der Waals surface area contributed by atoms with E-state index in [1.165, 1.54) is 18.6 Å². The molecule has 4 rings (SSSR count). The van der Waals surface area contributed by atoms with Crippen molar-refractivity contribution in [2.24, 2.45) is 10.9 Å². The maximum absolute atomic E-state index is 13.1. The second-order valence-electron chi connectivity index (χ2n) is 8.23. The van der Waals surface area contributed by atoms with Crippen molar-refractivity contribution in [3.8, 4) is 5.69 Å². The van der Waals surface area contributed by atoms with Crippen molar-refractivity contribution in [3.05, 3.63) is 48.0 Å². The first-order valence-corrected chi connectivity index (χ1v) is 11.3. The lowest BCUT2D eigenvalue weighted by molar-refractivity contribution is 0.0315. The SMILES string of the molecule is CCNC(=NCCc1ccn(-c2ccc(F)cc2)n1)N1CCC(CN2CCOCC2)C1.I. The van der Waals surface area contributed by atoms with Crippen molar-refractivity contribution >= 4 is 29.9 Å². The standard InChI is InChI=1S/C23H33FN6O.HI/c1-2-25-23(29-11-8-19(18-29)17-28-13-15-31-16-14-28)26-10-7-21-9-12-30(27-21)22-5-3-20(24)4-6-22;/h3-6,9,12,19H,2,7-8,10-11,13-18H2,1H3,(H,25,26);1H. The van der Waals surface area contributed by atoms with Gasteiger partial charge in [0.2, 0.25) is 0 Å². The Morgan fingerprint density at radius 3 is 2.72 bits per heavy atom. The Labute approximate surface area is 207 Å². The summed E-state index contributed by atoms with van der Waals surface area (Å²) in [5.74, 6) is 1.45. The monoisotopic (exact) mass is 556 g/mol. The van der Waals surface area contributed by atoms with Gasteiger partial charge in [0.25, 0.3) is 0 Å². The van der Waals surface area contributed by atoms with E-state index in [4.69, 9.17) is 9.73 Å². The highest BCUT2D eigenvalue weighted by Crippen LogP contribution is 2.18. The predicted octanol–water partition coefficient (Wildman–Crippen LogP) is 2.79. The maximum Gasteiger partial charge on any atom is 0.193 e. The molecule has 0 saturated carbocycles. The lowest BCUT2D eigenvalue weighted by Gasteiger charge is -2.29. The van der Waals surface area contributed by atoms with Gasteiger partial charge in [-0.2, -0.15) is 5.10 Å². The number of likely N-dealkylation sites (tertiary alicyclic amines) is 1. The first-order valence-electron chi connectivity index (χ1n) is 11.3. The van der Waals surface area contributed by atoms with Crippen molar-refractivity contribution in [3.63, 3.8) is 0 Å². The number of aliphatic imine (C=N–C) groups is 1. The fourth-order valence-corrected chi connectivity index (χ4v) is 4.26. The molecule has 1 aromatic heterocycles. The van der Waals surface area contributed by atoms with Gasteiger partial charge in [0.1, 0.15) is 5.82 Å². The van der Waals surface area contributed by atoms with Gasteiger partial charge in [-0.15, -0.1) is 24.0 Å². The number of aromatic nitrogens is 2. The van der Waals surface area contributed by atoms with E-state index in [1.54, 1.807) is 16.8 Å². The van der Waals surface area contributed by atoms with Gasteiger partial charge in [-0.1, -0.05) is 0 Å². The largest absolute Gasteiger partial charge is 0.379 e. The summed E-state index contributed by atoms with van der Waals surface area (Å²) < 4.78 is 20.4. The van der Waals surface area contributed by atoms with Crippen molar-refractivity contribution in [2.45, 2.75) is 19.8 Å². The van der Waals surface area contributed by atoms with E-state index in [2.05, 4.69) is 27.1 Å². The zero-order valence-corrected chi connectivity index (χ0v) is 21.1. The molecule has 1 N–H and O–H groups in total. The van der Waals surface area contributed by atoms with Crippen LogP contribution in [0.1, 0.15) is 19.0 Å². The molecule has 3 heterocycles. The van der Waals surface area contributed by atoms with E-state index in [1.807, 2.05) is 12.3 Å². The van der Waals surface area contributed by atoms with Gasteiger partial charge in [0, 0.05) is 58.4 Å². The quantitative estimate of drug-likeness (QED) is 0.323. The Balaban J connectivity index is 0.00000289. The highest BCUT2D eigenvalue weighted by Gasteiger charge is 2.27. The van der Waals surface area contributed by atoms with Crippen molar-refractivity contribution in [1.82, 2.24) is 24.9 Å². The molecule has 0 aliphatic carbocycles. The molecule has 9 heteroatoms. The molecule has 2 fully saturated rings. The zero-order chi connectivity index (χ0) is 21.5. The fraction of sp³-hybridized carbons (Fsp3) is 0.565. The van der Waals surface area contributed by atoms with E-state index in [-0.39, 0.29) is 29.8 Å². The fourth-order valence-electron chi connectivity index (χ4n) is 4.26. The lowest BCUT2D eigenvalue weighted by Crippen LogP contribution is -2.42. The molecular weight excluding hydrogens is 522 g/mol. The number of nitrogens with zero attached hydrogens (tertiary/aromatic N) is 5. The number of nitrogens with one attached hydrogen (secondary N) is 1. The Bertz CT molecular complexity index is 852. The Kier molecular flexibility index (Phi) is 9.73. The molecular formula is C23H34FIN6O. The number of hydrogen-bond acceptors (Lipinski definition) is 4. The maximum atomic E-state index is 13.1. The minimum absolute atomic E-state index is 0. The smallest absolute Gasteiger partial charge is 0.193 e. The molecule has 176 valence electrons. The summed E-state index contributed by atoms with van der Waals surface area (Å²) in [5.41, 5.74) is 1.84. The number of morpholine rings is 1. The number of hydrogen-bond donors (Lipinski definition) is 1. The molecule has 2 aliphatic heterocycles. The summed E-state index contributed by atoms with van der Waals surface area (Å²) in [7, 11) is 0. The van der Waals surface area contributed by atoms with Crippen molar-refractivity contribution in [1.29, 1.82) is 0 Å². The normalized spacial score (nSPS) is 19.8. The van der Waals surface area contributed by atoms with Crippen LogP contribution in [0, 0.1) is 11.7 Å². The van der Waals surface area contributed by atoms with Gasteiger partial charge in [-0.3, -0.25) is 9.89 Å². The first kappa shape index (κ1) is 24.9. The summed E-state index contributed by atoms with van der Waals surface area (Å²) in [4.78, 5) is 9.79. The Hall–Kier alpha value is -1.72. The zero-order valence-electron chi connectivity index (χ0n) is 18.8. The van der Waals surface area contributed by atoms with E-state index >= 15 is 0 Å². The Morgan fingerprint density at radius 2 is 1.97 bits per heavy atom. The third-order valence-electron chi connectivity index (χ3n) is 5.91. The third kappa shape index (κ3) is 6.89. The number of benzene rings is 1. The van der Waals surface area contributed by atoms with Gasteiger partial charge in [-0.05, 0) is 49.6 Å². The Morgan fingerprint density at radius 1 is 1.19 bits per heavy atom. The van der Waals surface area contributed by atoms with Crippen LogP contribution in [0.3, 0.4) is 0 Å². The van der Waals surface area contributed by atoms with Gasteiger partial charge in [0.15, 0.2) is 5.96 Å². The minimum atomic E-state index is -0.240. The van der Waals surface area contributed by atoms with Crippen molar-refractivity contribution < 1.29 is 9.13 Å². The summed E-state index contributed by atoms with van der Waals surface area (Å²) in [6.45, 7) is 10.7. The topological polar surface area (TPSA) is 57.9 Å². The number of guanidine groups is 1. The molecule has 7 nitrogen and oxygen atoms in total. The number of halogens is 2. The van der Waals surface area contributed by atoms with Crippen LogP contribution in [-0.2, 0) is 11.2 Å². The summed E-state index contributed by atoms with van der Waals surface area (Å²) in [6, 6.07) is 8.36. The van der Waals surface area contributed by atoms with Crippen LogP contribution in [-0.4, -0.2) is 84.6 Å². The summed E-state index contributed by atoms with van der Waals surface area (Å²) in [5, 5.41) is 8.06. The molecule has 2 aromatic rings. The average Bonchev–Trinajstić information content (AvgIpc) is 3.44. The minimum Gasteiger partial charge on any atom is -0.379 e. The van der Waals surface area contributed by atoms with Gasteiger partial charge in [-0.25, -0.2) is 9.07 Å². The van der Waals surface area contributed by atoms with E-state index < -0.39 is 0 Å². The molecule has 2 aliphatic rings. The van der Waals surface area contributed by atoms with Crippen LogP contribution in [0.2, 0.25) is 0 Å². The van der Waals surface area contributed by atoms with E-state index in [9.17, 15) is 4.39 Å². The number of rotatable bonds is 7. The average molecular weight is 556 g/mol. The van der Waals surface area contributed by atoms with Crippen molar-refractivity contribution in [2.75, 3.05) is 59.0 Å². The predicted molar refractivity (Wildman–Crippen MR) is 136 cm³/mol. The van der Waals surface area contributed by atoms with Gasteiger partial charge < -0.3 is 15.0 Å². The van der Waals surface area contributed by atoms with Crippen LogP contribution in [0.5, 0.6) is 0 Å². The molecule has 32 heavy (non-hydrogen) atoms.